The first kappa shape index (κ1) is 42.3. The molecule has 0 saturated heterocycles. The number of esters is 2. The van der Waals surface area contributed by atoms with Gasteiger partial charge in [-0.15, -0.1) is 0 Å². The number of hydrogen-bond donors (Lipinski definition) is 2. The highest BCUT2D eigenvalue weighted by atomic mass is 16.8. The minimum atomic E-state index is -2.38. The minimum Gasteiger partial charge on any atom is -0.397 e. The molecular formula is C38H71NO5. The largest absolute Gasteiger partial charge is 0.397 e. The molecule has 0 heterocycles. The Hall–Kier alpha value is -1.66. The molecule has 0 aliphatic rings. The van der Waals surface area contributed by atoms with Crippen LogP contribution < -0.4 is 5.73 Å². The maximum absolute atomic E-state index is 12.2. The van der Waals surface area contributed by atoms with Crippen LogP contribution in [-0.2, 0) is 19.1 Å². The fourth-order valence-electron chi connectivity index (χ4n) is 5.24. The second-order valence-corrected chi connectivity index (χ2v) is 12.5. The summed E-state index contributed by atoms with van der Waals surface area (Å²) in [5, 5.41) is 10.4. The summed E-state index contributed by atoms with van der Waals surface area (Å²) in [4.78, 5) is 24.4. The van der Waals surface area contributed by atoms with Crippen LogP contribution in [0.1, 0.15) is 194 Å². The maximum atomic E-state index is 12.2. The number of hydrogen-bond acceptors (Lipinski definition) is 6. The van der Waals surface area contributed by atoms with E-state index in [4.69, 9.17) is 15.2 Å². The van der Waals surface area contributed by atoms with Crippen molar-refractivity contribution >= 4 is 11.9 Å². The number of carbonyl (C=O) groups excluding carboxylic acids is 2. The number of nitrogens with two attached hydrogens (primary N) is 1. The molecule has 0 radical (unpaired) electrons. The van der Waals surface area contributed by atoms with Crippen molar-refractivity contribution in [2.75, 3.05) is 6.54 Å². The molecule has 0 aliphatic heterocycles. The highest BCUT2D eigenvalue weighted by Gasteiger charge is 2.34. The first-order valence-corrected chi connectivity index (χ1v) is 18.6. The quantitative estimate of drug-likeness (QED) is 0.0327. The maximum Gasteiger partial charge on any atom is 0.386 e. The number of unbranched alkanes of at least 4 members (excludes halogenated alkanes) is 22. The predicted molar refractivity (Wildman–Crippen MR) is 185 cm³/mol. The van der Waals surface area contributed by atoms with E-state index in [0.29, 0.717) is 12.8 Å². The molecule has 0 aliphatic carbocycles. The lowest BCUT2D eigenvalue weighted by molar-refractivity contribution is -0.318. The van der Waals surface area contributed by atoms with Gasteiger partial charge in [0, 0.05) is 12.8 Å². The topological polar surface area (TPSA) is 98.8 Å². The summed E-state index contributed by atoms with van der Waals surface area (Å²) in [6, 6.07) is 0. The van der Waals surface area contributed by atoms with Gasteiger partial charge in [-0.3, -0.25) is 9.59 Å². The van der Waals surface area contributed by atoms with Crippen LogP contribution in [0.4, 0.5) is 0 Å². The fourth-order valence-corrected chi connectivity index (χ4v) is 5.24. The lowest BCUT2D eigenvalue weighted by atomic mass is 10.1. The number of carbonyl (C=O) groups is 2. The molecular weight excluding hydrogens is 550 g/mol. The highest BCUT2D eigenvalue weighted by Crippen LogP contribution is 2.16. The van der Waals surface area contributed by atoms with Gasteiger partial charge < -0.3 is 20.3 Å². The van der Waals surface area contributed by atoms with Crippen molar-refractivity contribution in [3.05, 3.63) is 24.3 Å². The average molecular weight is 622 g/mol. The first-order valence-electron chi connectivity index (χ1n) is 18.6. The standard InChI is InChI=1S/C38H71NO5/c1-3-5-7-9-11-13-15-17-19-21-23-25-27-29-31-33-36(40)43-38(42,35-39)44-37(41)34-32-30-28-26-24-22-20-18-16-14-12-10-8-6-4-2/h17-20,42H,3-16,21-35,39H2,1-2H3/b19-17-,20-18-. The molecule has 0 fully saturated rings. The molecule has 0 aromatic carbocycles. The van der Waals surface area contributed by atoms with Crippen LogP contribution in [0.2, 0.25) is 0 Å². The van der Waals surface area contributed by atoms with Crippen LogP contribution in [0.3, 0.4) is 0 Å². The molecule has 0 amide bonds. The van der Waals surface area contributed by atoms with Gasteiger partial charge in [0.2, 0.25) is 0 Å². The summed E-state index contributed by atoms with van der Waals surface area (Å²) in [7, 11) is 0. The Kier molecular flexibility index (Phi) is 31.5. The van der Waals surface area contributed by atoms with Crippen LogP contribution in [-0.4, -0.2) is 29.6 Å². The average Bonchev–Trinajstić information content (AvgIpc) is 3.01. The van der Waals surface area contributed by atoms with E-state index < -0.39 is 24.5 Å². The molecule has 0 saturated carbocycles. The number of aliphatic hydroxyl groups is 1. The van der Waals surface area contributed by atoms with E-state index in [1.54, 1.807) is 0 Å². The van der Waals surface area contributed by atoms with Crippen LogP contribution >= 0.6 is 0 Å². The summed E-state index contributed by atoms with van der Waals surface area (Å²) >= 11 is 0. The fraction of sp³-hybridized carbons (Fsp3) is 0.842. The van der Waals surface area contributed by atoms with Crippen molar-refractivity contribution in [2.45, 2.75) is 200 Å². The van der Waals surface area contributed by atoms with E-state index in [1.165, 1.54) is 89.9 Å². The van der Waals surface area contributed by atoms with Gasteiger partial charge in [-0.1, -0.05) is 141 Å². The van der Waals surface area contributed by atoms with Gasteiger partial charge in [0.25, 0.3) is 0 Å². The molecule has 0 atom stereocenters. The summed E-state index contributed by atoms with van der Waals surface area (Å²) in [6.45, 7) is 4.02. The van der Waals surface area contributed by atoms with Gasteiger partial charge in [-0.05, 0) is 64.2 Å². The number of allylic oxidation sites excluding steroid dienone is 4. The van der Waals surface area contributed by atoms with Crippen LogP contribution in [0.15, 0.2) is 24.3 Å². The Morgan fingerprint density at radius 1 is 0.500 bits per heavy atom. The molecule has 6 nitrogen and oxygen atoms in total. The van der Waals surface area contributed by atoms with E-state index in [1.807, 2.05) is 0 Å². The van der Waals surface area contributed by atoms with Gasteiger partial charge in [0.15, 0.2) is 0 Å². The zero-order valence-corrected chi connectivity index (χ0v) is 29.0. The van der Waals surface area contributed by atoms with Crippen molar-refractivity contribution in [2.24, 2.45) is 5.73 Å². The molecule has 0 rings (SSSR count). The van der Waals surface area contributed by atoms with Crippen LogP contribution in [0.25, 0.3) is 0 Å². The second-order valence-electron chi connectivity index (χ2n) is 12.5. The second kappa shape index (κ2) is 32.7. The lowest BCUT2D eigenvalue weighted by Crippen LogP contribution is -2.46. The molecule has 0 spiro atoms. The van der Waals surface area contributed by atoms with Crippen LogP contribution in [0.5, 0.6) is 0 Å². The van der Waals surface area contributed by atoms with Crippen molar-refractivity contribution in [1.82, 2.24) is 0 Å². The van der Waals surface area contributed by atoms with Crippen molar-refractivity contribution in [3.63, 3.8) is 0 Å². The minimum absolute atomic E-state index is 0.173. The summed E-state index contributed by atoms with van der Waals surface area (Å²) in [5.74, 6) is -3.56. The van der Waals surface area contributed by atoms with Crippen molar-refractivity contribution < 1.29 is 24.2 Å². The Balaban J connectivity index is 3.73. The van der Waals surface area contributed by atoms with Gasteiger partial charge in [0.05, 0.1) is 0 Å². The summed E-state index contributed by atoms with van der Waals surface area (Å²) < 4.78 is 10.1. The van der Waals surface area contributed by atoms with Gasteiger partial charge in [-0.2, -0.15) is 0 Å². The van der Waals surface area contributed by atoms with E-state index >= 15 is 0 Å². The lowest BCUT2D eigenvalue weighted by Gasteiger charge is -2.25. The summed E-state index contributed by atoms with van der Waals surface area (Å²) in [6.07, 6.45) is 40.2. The molecule has 0 bridgehead atoms. The molecule has 3 N–H and O–H groups in total. The van der Waals surface area contributed by atoms with Gasteiger partial charge >= 0.3 is 17.9 Å². The Morgan fingerprint density at radius 2 is 0.773 bits per heavy atom. The van der Waals surface area contributed by atoms with E-state index in [-0.39, 0.29) is 12.8 Å². The number of ether oxygens (including phenoxy) is 2. The van der Waals surface area contributed by atoms with Crippen molar-refractivity contribution in [1.29, 1.82) is 0 Å². The molecule has 44 heavy (non-hydrogen) atoms. The first-order chi connectivity index (χ1) is 21.5. The highest BCUT2D eigenvalue weighted by molar-refractivity contribution is 5.71. The number of rotatable bonds is 33. The monoisotopic (exact) mass is 622 g/mol. The smallest absolute Gasteiger partial charge is 0.386 e. The van der Waals surface area contributed by atoms with E-state index in [0.717, 1.165) is 64.2 Å². The normalized spacial score (nSPS) is 12.0. The van der Waals surface area contributed by atoms with Crippen molar-refractivity contribution in [3.8, 4) is 0 Å². The van der Waals surface area contributed by atoms with Gasteiger partial charge in [-0.25, -0.2) is 0 Å². The Bertz CT molecular complexity index is 651. The van der Waals surface area contributed by atoms with Crippen LogP contribution in [0, 0.1) is 0 Å². The third kappa shape index (κ3) is 30.4. The third-order valence-corrected chi connectivity index (χ3v) is 8.09. The Labute approximate surface area is 272 Å². The third-order valence-electron chi connectivity index (χ3n) is 8.09. The van der Waals surface area contributed by atoms with Gasteiger partial charge in [0.1, 0.15) is 6.54 Å². The van der Waals surface area contributed by atoms with E-state index in [2.05, 4.69) is 38.2 Å². The molecule has 258 valence electrons. The predicted octanol–water partition coefficient (Wildman–Crippen LogP) is 10.8. The SMILES string of the molecule is CCCCCCCC/C=C\CCCCCCCC(=O)OC(O)(CN)OC(=O)CCCCCCC/C=C\CCCCCCCC. The zero-order valence-electron chi connectivity index (χ0n) is 29.0. The molecule has 0 aromatic rings. The summed E-state index contributed by atoms with van der Waals surface area (Å²) in [5.41, 5.74) is 5.56. The zero-order chi connectivity index (χ0) is 32.4. The molecule has 6 heteroatoms. The van der Waals surface area contributed by atoms with E-state index in [9.17, 15) is 14.7 Å². The molecule has 0 unspecified atom stereocenters. The Morgan fingerprint density at radius 3 is 1.07 bits per heavy atom. The molecule has 0 aromatic heterocycles.